The van der Waals surface area contributed by atoms with Gasteiger partial charge in [0.15, 0.2) is 0 Å². The minimum atomic E-state index is -0.191. The van der Waals surface area contributed by atoms with Gasteiger partial charge in [-0.2, -0.15) is 0 Å². The summed E-state index contributed by atoms with van der Waals surface area (Å²) in [5, 5.41) is 2.96. The van der Waals surface area contributed by atoms with Crippen molar-refractivity contribution in [2.24, 2.45) is 0 Å². The van der Waals surface area contributed by atoms with Crippen molar-refractivity contribution < 1.29 is 19.1 Å². The zero-order valence-corrected chi connectivity index (χ0v) is 17.4. The molecule has 3 aliphatic rings. The van der Waals surface area contributed by atoms with E-state index >= 15 is 0 Å². The van der Waals surface area contributed by atoms with E-state index in [9.17, 15) is 9.59 Å². The van der Waals surface area contributed by atoms with Crippen molar-refractivity contribution in [1.82, 2.24) is 20.0 Å². The Morgan fingerprint density at radius 1 is 1.17 bits per heavy atom. The third-order valence-corrected chi connectivity index (χ3v) is 6.05. The molecule has 0 aromatic heterocycles. The first kappa shape index (κ1) is 20.0. The Morgan fingerprint density at radius 3 is 2.52 bits per heavy atom. The average molecular weight is 402 g/mol. The molecule has 3 aliphatic heterocycles. The fourth-order valence-corrected chi connectivity index (χ4v) is 4.69. The van der Waals surface area contributed by atoms with Crippen molar-refractivity contribution in [3.63, 3.8) is 0 Å². The summed E-state index contributed by atoms with van der Waals surface area (Å²) in [6.45, 7) is 8.61. The van der Waals surface area contributed by atoms with Crippen LogP contribution in [-0.4, -0.2) is 97.3 Å². The summed E-state index contributed by atoms with van der Waals surface area (Å²) in [6.07, 6.45) is 0. The van der Waals surface area contributed by atoms with Crippen LogP contribution in [0.4, 0.5) is 4.79 Å². The molecule has 3 amide bonds. The summed E-state index contributed by atoms with van der Waals surface area (Å²) in [4.78, 5) is 31.8. The van der Waals surface area contributed by atoms with Gasteiger partial charge in [-0.05, 0) is 38.1 Å². The van der Waals surface area contributed by atoms with Gasteiger partial charge in [-0.1, -0.05) is 0 Å². The standard InChI is InChI=1S/C21H30N4O4/c1-15(2)22-20(27)24-13-21(14-24)12-23(10-17-11-29-9-8-25(17)21)19(26)16-4-6-18(28-3)7-5-16/h4-7,15,17H,8-14H2,1-3H3,(H,22,27). The highest BCUT2D eigenvalue weighted by atomic mass is 16.5. The van der Waals surface area contributed by atoms with E-state index in [0.29, 0.717) is 45.0 Å². The minimum Gasteiger partial charge on any atom is -0.497 e. The van der Waals surface area contributed by atoms with E-state index in [1.54, 1.807) is 19.2 Å². The number of hydrogen-bond acceptors (Lipinski definition) is 5. The number of hydrogen-bond donors (Lipinski definition) is 1. The molecule has 1 aromatic rings. The first-order chi connectivity index (χ1) is 13.9. The summed E-state index contributed by atoms with van der Waals surface area (Å²) >= 11 is 0. The van der Waals surface area contributed by atoms with Gasteiger partial charge in [0.1, 0.15) is 5.75 Å². The minimum absolute atomic E-state index is 0.0160. The van der Waals surface area contributed by atoms with Gasteiger partial charge in [0.25, 0.3) is 5.91 Å². The smallest absolute Gasteiger partial charge is 0.317 e. The van der Waals surface area contributed by atoms with Gasteiger partial charge in [0.05, 0.1) is 31.9 Å². The Kier molecular flexibility index (Phi) is 5.40. The monoisotopic (exact) mass is 402 g/mol. The maximum absolute atomic E-state index is 13.2. The summed E-state index contributed by atoms with van der Waals surface area (Å²) in [6, 6.07) is 7.47. The van der Waals surface area contributed by atoms with Crippen molar-refractivity contribution in [2.45, 2.75) is 31.5 Å². The van der Waals surface area contributed by atoms with Crippen LogP contribution in [0, 0.1) is 0 Å². The molecule has 3 saturated heterocycles. The number of carbonyl (C=O) groups is 2. The van der Waals surface area contributed by atoms with Gasteiger partial charge in [-0.25, -0.2) is 4.79 Å². The molecule has 1 aromatic carbocycles. The third-order valence-electron chi connectivity index (χ3n) is 6.05. The second-order valence-corrected chi connectivity index (χ2v) is 8.52. The van der Waals surface area contributed by atoms with Crippen LogP contribution >= 0.6 is 0 Å². The van der Waals surface area contributed by atoms with E-state index in [1.807, 2.05) is 35.8 Å². The van der Waals surface area contributed by atoms with Gasteiger partial charge >= 0.3 is 6.03 Å². The second kappa shape index (κ2) is 7.84. The molecule has 4 rings (SSSR count). The fraction of sp³-hybridized carbons (Fsp3) is 0.619. The van der Waals surface area contributed by atoms with E-state index in [4.69, 9.17) is 9.47 Å². The highest BCUT2D eigenvalue weighted by molar-refractivity contribution is 5.94. The molecule has 0 saturated carbocycles. The van der Waals surface area contributed by atoms with Crippen molar-refractivity contribution in [2.75, 3.05) is 53.0 Å². The fourth-order valence-electron chi connectivity index (χ4n) is 4.69. The van der Waals surface area contributed by atoms with Crippen LogP contribution in [-0.2, 0) is 4.74 Å². The van der Waals surface area contributed by atoms with Gasteiger partial charge in [-0.3, -0.25) is 9.69 Å². The van der Waals surface area contributed by atoms with Crippen LogP contribution in [0.25, 0.3) is 0 Å². The molecule has 8 nitrogen and oxygen atoms in total. The summed E-state index contributed by atoms with van der Waals surface area (Å²) in [7, 11) is 1.61. The first-order valence-corrected chi connectivity index (χ1v) is 10.3. The topological polar surface area (TPSA) is 74.3 Å². The van der Waals surface area contributed by atoms with Crippen LogP contribution in [0.5, 0.6) is 5.75 Å². The molecule has 3 fully saturated rings. The molecule has 1 unspecified atom stereocenters. The molecule has 1 atom stereocenters. The highest BCUT2D eigenvalue weighted by Gasteiger charge is 2.56. The molecule has 29 heavy (non-hydrogen) atoms. The number of nitrogens with one attached hydrogen (secondary N) is 1. The molecular weight excluding hydrogens is 372 g/mol. The Labute approximate surface area is 171 Å². The number of nitrogens with zero attached hydrogens (tertiary/aromatic N) is 3. The number of likely N-dealkylation sites (tertiary alicyclic amines) is 1. The predicted octanol–water partition coefficient (Wildman–Crippen LogP) is 1.02. The lowest BCUT2D eigenvalue weighted by molar-refractivity contribution is -0.147. The van der Waals surface area contributed by atoms with Crippen LogP contribution in [0.3, 0.4) is 0 Å². The molecule has 158 valence electrons. The SMILES string of the molecule is COc1ccc(C(=O)N2CC3COCCN3C3(CN(C(=O)NC(C)C)C3)C2)cc1. The Hall–Kier alpha value is -2.32. The number of amides is 3. The van der Waals surface area contributed by atoms with Crippen LogP contribution < -0.4 is 10.1 Å². The second-order valence-electron chi connectivity index (χ2n) is 8.52. The summed E-state index contributed by atoms with van der Waals surface area (Å²) in [5.41, 5.74) is 0.461. The maximum Gasteiger partial charge on any atom is 0.317 e. The zero-order chi connectivity index (χ0) is 20.6. The number of ether oxygens (including phenoxy) is 2. The van der Waals surface area contributed by atoms with E-state index in [2.05, 4.69) is 10.2 Å². The molecule has 1 spiro atoms. The molecule has 8 heteroatoms. The van der Waals surface area contributed by atoms with E-state index < -0.39 is 0 Å². The van der Waals surface area contributed by atoms with Crippen molar-refractivity contribution in [3.05, 3.63) is 29.8 Å². The Bertz CT molecular complexity index is 760. The zero-order valence-electron chi connectivity index (χ0n) is 17.4. The molecule has 1 N–H and O–H groups in total. The van der Waals surface area contributed by atoms with Gasteiger partial charge in [0.2, 0.25) is 0 Å². The molecule has 3 heterocycles. The van der Waals surface area contributed by atoms with E-state index in [0.717, 1.165) is 12.3 Å². The summed E-state index contributed by atoms with van der Waals surface area (Å²) in [5.74, 6) is 0.747. The number of piperazine rings is 1. The lowest BCUT2D eigenvalue weighted by Crippen LogP contribution is -2.82. The highest BCUT2D eigenvalue weighted by Crippen LogP contribution is 2.36. The number of morpholine rings is 1. The number of fused-ring (bicyclic) bond motifs is 2. The van der Waals surface area contributed by atoms with Crippen molar-refractivity contribution in [1.29, 1.82) is 0 Å². The number of urea groups is 1. The Balaban J connectivity index is 1.50. The molecule has 0 radical (unpaired) electrons. The lowest BCUT2D eigenvalue weighted by atomic mass is 9.82. The lowest BCUT2D eigenvalue weighted by Gasteiger charge is -2.63. The maximum atomic E-state index is 13.2. The van der Waals surface area contributed by atoms with E-state index in [-0.39, 0.29) is 29.6 Å². The largest absolute Gasteiger partial charge is 0.497 e. The van der Waals surface area contributed by atoms with Gasteiger partial charge in [-0.15, -0.1) is 0 Å². The van der Waals surface area contributed by atoms with Crippen LogP contribution in [0.1, 0.15) is 24.2 Å². The predicted molar refractivity (Wildman–Crippen MR) is 108 cm³/mol. The molecular formula is C21H30N4O4. The van der Waals surface area contributed by atoms with Gasteiger partial charge in [0, 0.05) is 44.3 Å². The van der Waals surface area contributed by atoms with E-state index in [1.165, 1.54) is 0 Å². The van der Waals surface area contributed by atoms with Crippen molar-refractivity contribution >= 4 is 11.9 Å². The third kappa shape index (κ3) is 3.79. The summed E-state index contributed by atoms with van der Waals surface area (Å²) < 4.78 is 10.9. The molecule has 0 aliphatic carbocycles. The van der Waals surface area contributed by atoms with Crippen molar-refractivity contribution in [3.8, 4) is 5.75 Å². The number of methoxy groups -OCH3 is 1. The first-order valence-electron chi connectivity index (χ1n) is 10.3. The number of rotatable bonds is 3. The number of carbonyl (C=O) groups excluding carboxylic acids is 2. The normalized spacial score (nSPS) is 23.5. The Morgan fingerprint density at radius 2 is 1.86 bits per heavy atom. The van der Waals surface area contributed by atoms with Crippen LogP contribution in [0.2, 0.25) is 0 Å². The number of benzene rings is 1. The molecule has 0 bridgehead atoms. The van der Waals surface area contributed by atoms with Crippen LogP contribution in [0.15, 0.2) is 24.3 Å². The quantitative estimate of drug-likeness (QED) is 0.817. The average Bonchev–Trinajstić information content (AvgIpc) is 2.70. The van der Waals surface area contributed by atoms with Gasteiger partial charge < -0.3 is 24.6 Å².